The molecule has 0 saturated carbocycles. The number of nitrogens with two attached hydrogens (primary N) is 1. The van der Waals surface area contributed by atoms with Gasteiger partial charge in [0.25, 0.3) is 0 Å². The molecule has 0 unspecified atom stereocenters. The minimum absolute atomic E-state index is 0.0588. The summed E-state index contributed by atoms with van der Waals surface area (Å²) in [6, 6.07) is 18.3. The van der Waals surface area contributed by atoms with Crippen LogP contribution in [-0.4, -0.2) is 5.96 Å². The number of rotatable bonds is 3. The number of hydrogen-bond acceptors (Lipinski definition) is 1. The van der Waals surface area contributed by atoms with Crippen LogP contribution in [0.3, 0.4) is 0 Å². The molecule has 0 fully saturated rings. The Morgan fingerprint density at radius 2 is 1.62 bits per heavy atom. The lowest BCUT2D eigenvalue weighted by atomic mass is 9.86. The highest BCUT2D eigenvalue weighted by Crippen LogP contribution is 2.28. The van der Waals surface area contributed by atoms with Gasteiger partial charge in [-0.2, -0.15) is 0 Å². The number of guanidine groups is 1. The average Bonchev–Trinajstić information content (AvgIpc) is 2.46. The Morgan fingerprint density at radius 3 is 2.29 bits per heavy atom. The fourth-order valence-corrected chi connectivity index (χ4v) is 2.18. The maximum atomic E-state index is 6.00. The van der Waals surface area contributed by atoms with Gasteiger partial charge in [-0.15, -0.1) is 0 Å². The quantitative estimate of drug-likeness (QED) is 0.662. The molecular formula is C18H23N3. The van der Waals surface area contributed by atoms with Gasteiger partial charge in [-0.05, 0) is 22.6 Å². The third-order valence-electron chi connectivity index (χ3n) is 3.27. The van der Waals surface area contributed by atoms with E-state index in [1.807, 2.05) is 48.5 Å². The molecule has 3 heteroatoms. The van der Waals surface area contributed by atoms with Gasteiger partial charge in [0.2, 0.25) is 0 Å². The Labute approximate surface area is 126 Å². The number of benzene rings is 2. The molecule has 0 aliphatic rings. The van der Waals surface area contributed by atoms with Crippen molar-refractivity contribution in [3.63, 3.8) is 0 Å². The van der Waals surface area contributed by atoms with Crippen LogP contribution in [0.5, 0.6) is 0 Å². The summed E-state index contributed by atoms with van der Waals surface area (Å²) in [5.74, 6) is 0.440. The van der Waals surface area contributed by atoms with E-state index in [0.29, 0.717) is 12.5 Å². The van der Waals surface area contributed by atoms with E-state index < -0.39 is 0 Å². The first kappa shape index (κ1) is 15.1. The number of nitrogens with zero attached hydrogens (tertiary/aromatic N) is 1. The molecule has 0 amide bonds. The number of anilines is 1. The summed E-state index contributed by atoms with van der Waals surface area (Å²) in [7, 11) is 0. The Kier molecular flexibility index (Phi) is 4.63. The summed E-state index contributed by atoms with van der Waals surface area (Å²) in [5.41, 5.74) is 9.45. The van der Waals surface area contributed by atoms with Crippen LogP contribution in [0.4, 0.5) is 5.69 Å². The van der Waals surface area contributed by atoms with E-state index in [9.17, 15) is 0 Å². The van der Waals surface area contributed by atoms with Crippen molar-refractivity contribution in [2.24, 2.45) is 10.7 Å². The largest absolute Gasteiger partial charge is 0.370 e. The van der Waals surface area contributed by atoms with Gasteiger partial charge in [0.05, 0.1) is 6.54 Å². The van der Waals surface area contributed by atoms with Crippen LogP contribution in [0.1, 0.15) is 31.9 Å². The normalized spacial score (nSPS) is 12.2. The van der Waals surface area contributed by atoms with Crippen molar-refractivity contribution < 1.29 is 0 Å². The Balaban J connectivity index is 2.11. The van der Waals surface area contributed by atoms with E-state index >= 15 is 0 Å². The van der Waals surface area contributed by atoms with Crippen molar-refractivity contribution in [2.45, 2.75) is 32.7 Å². The zero-order chi connectivity index (χ0) is 15.3. The van der Waals surface area contributed by atoms with Gasteiger partial charge in [0, 0.05) is 5.69 Å². The first-order valence-electron chi connectivity index (χ1n) is 7.17. The molecule has 0 bridgehead atoms. The second-order valence-electron chi connectivity index (χ2n) is 6.11. The molecule has 2 aromatic rings. The molecule has 3 N–H and O–H groups in total. The van der Waals surface area contributed by atoms with Gasteiger partial charge in [0.1, 0.15) is 0 Å². The van der Waals surface area contributed by atoms with E-state index in [1.165, 1.54) is 5.56 Å². The molecule has 110 valence electrons. The third-order valence-corrected chi connectivity index (χ3v) is 3.27. The second-order valence-corrected chi connectivity index (χ2v) is 6.11. The lowest BCUT2D eigenvalue weighted by Gasteiger charge is -2.23. The Hall–Kier alpha value is -2.29. The molecule has 3 nitrogen and oxygen atoms in total. The first-order valence-corrected chi connectivity index (χ1v) is 7.17. The molecule has 0 radical (unpaired) electrons. The number of nitrogens with one attached hydrogen (secondary N) is 1. The van der Waals surface area contributed by atoms with Crippen molar-refractivity contribution in [3.05, 3.63) is 65.7 Å². The Bertz CT molecular complexity index is 610. The summed E-state index contributed by atoms with van der Waals surface area (Å²) in [5, 5.41) is 3.22. The van der Waals surface area contributed by atoms with Gasteiger partial charge >= 0.3 is 0 Å². The fourth-order valence-electron chi connectivity index (χ4n) is 2.18. The van der Waals surface area contributed by atoms with E-state index in [-0.39, 0.29) is 5.41 Å². The highest BCUT2D eigenvalue weighted by molar-refractivity contribution is 5.93. The summed E-state index contributed by atoms with van der Waals surface area (Å²) < 4.78 is 0. The minimum atomic E-state index is 0.0588. The predicted octanol–water partition coefficient (Wildman–Crippen LogP) is 3.91. The summed E-state index contributed by atoms with van der Waals surface area (Å²) in [4.78, 5) is 4.40. The van der Waals surface area contributed by atoms with E-state index in [1.54, 1.807) is 0 Å². The third kappa shape index (κ3) is 4.35. The molecule has 0 heterocycles. The summed E-state index contributed by atoms with van der Waals surface area (Å²) in [6.45, 7) is 7.14. The van der Waals surface area contributed by atoms with Gasteiger partial charge in [0.15, 0.2) is 5.96 Å². The van der Waals surface area contributed by atoms with Crippen LogP contribution in [-0.2, 0) is 12.0 Å². The number of para-hydroxylation sites is 1. The first-order chi connectivity index (χ1) is 9.97. The molecule has 21 heavy (non-hydrogen) atoms. The SMILES string of the molecule is CC(C)(C)c1ccccc1NC(N)=NCc1ccccc1. The van der Waals surface area contributed by atoms with E-state index in [4.69, 9.17) is 5.73 Å². The van der Waals surface area contributed by atoms with Crippen LogP contribution in [0.25, 0.3) is 0 Å². The van der Waals surface area contributed by atoms with E-state index in [0.717, 1.165) is 11.3 Å². The molecule has 0 atom stereocenters. The molecule has 2 aromatic carbocycles. The van der Waals surface area contributed by atoms with Crippen molar-refractivity contribution in [1.82, 2.24) is 0 Å². The predicted molar refractivity (Wildman–Crippen MR) is 90.5 cm³/mol. The van der Waals surface area contributed by atoms with Crippen molar-refractivity contribution >= 4 is 11.6 Å². The highest BCUT2D eigenvalue weighted by atomic mass is 15.1. The zero-order valence-corrected chi connectivity index (χ0v) is 12.9. The lowest BCUT2D eigenvalue weighted by Crippen LogP contribution is -2.25. The van der Waals surface area contributed by atoms with Gasteiger partial charge in [-0.3, -0.25) is 0 Å². The zero-order valence-electron chi connectivity index (χ0n) is 12.9. The van der Waals surface area contributed by atoms with Crippen LogP contribution in [0.2, 0.25) is 0 Å². The Morgan fingerprint density at radius 1 is 1.00 bits per heavy atom. The fraction of sp³-hybridized carbons (Fsp3) is 0.278. The number of hydrogen-bond donors (Lipinski definition) is 2. The van der Waals surface area contributed by atoms with Crippen molar-refractivity contribution in [1.29, 1.82) is 0 Å². The van der Waals surface area contributed by atoms with Gasteiger partial charge in [-0.1, -0.05) is 69.3 Å². The van der Waals surface area contributed by atoms with Gasteiger partial charge in [-0.25, -0.2) is 4.99 Å². The van der Waals surface area contributed by atoms with E-state index in [2.05, 4.69) is 37.1 Å². The second kappa shape index (κ2) is 6.44. The van der Waals surface area contributed by atoms with Crippen molar-refractivity contribution in [2.75, 3.05) is 5.32 Å². The minimum Gasteiger partial charge on any atom is -0.370 e. The molecule has 2 rings (SSSR count). The average molecular weight is 281 g/mol. The maximum absolute atomic E-state index is 6.00. The highest BCUT2D eigenvalue weighted by Gasteiger charge is 2.17. The lowest BCUT2D eigenvalue weighted by molar-refractivity contribution is 0.592. The van der Waals surface area contributed by atoms with Crippen LogP contribution < -0.4 is 11.1 Å². The summed E-state index contributed by atoms with van der Waals surface area (Å²) in [6.07, 6.45) is 0. The molecule has 0 spiro atoms. The summed E-state index contributed by atoms with van der Waals surface area (Å²) >= 11 is 0. The topological polar surface area (TPSA) is 50.4 Å². The molecule has 0 aromatic heterocycles. The van der Waals surface area contributed by atoms with Crippen LogP contribution in [0.15, 0.2) is 59.6 Å². The van der Waals surface area contributed by atoms with Crippen LogP contribution >= 0.6 is 0 Å². The van der Waals surface area contributed by atoms with Gasteiger partial charge < -0.3 is 11.1 Å². The smallest absolute Gasteiger partial charge is 0.193 e. The molecule has 0 aliphatic carbocycles. The number of aliphatic imine (C=N–C) groups is 1. The monoisotopic (exact) mass is 281 g/mol. The molecular weight excluding hydrogens is 258 g/mol. The maximum Gasteiger partial charge on any atom is 0.193 e. The molecule has 0 aliphatic heterocycles. The standard InChI is InChI=1S/C18H23N3/c1-18(2,3)15-11-7-8-12-16(15)21-17(19)20-13-14-9-5-4-6-10-14/h4-12H,13H2,1-3H3,(H3,19,20,21). The molecule has 0 saturated heterocycles. The van der Waals surface area contributed by atoms with Crippen LogP contribution in [0, 0.1) is 0 Å². The van der Waals surface area contributed by atoms with Crippen molar-refractivity contribution in [3.8, 4) is 0 Å².